The van der Waals surface area contributed by atoms with E-state index in [2.05, 4.69) is 50.4 Å². The van der Waals surface area contributed by atoms with Crippen LogP contribution in [0.3, 0.4) is 0 Å². The summed E-state index contributed by atoms with van der Waals surface area (Å²) in [5, 5.41) is -0.328. The highest BCUT2D eigenvalue weighted by atomic mass is 32.2. The first-order chi connectivity index (χ1) is 19.9. The Labute approximate surface area is 245 Å². The molecule has 5 rings (SSSR count). The second-order valence-electron chi connectivity index (χ2n) is 11.5. The van der Waals surface area contributed by atoms with Crippen molar-refractivity contribution in [3.8, 4) is 17.1 Å². The molecule has 1 aliphatic rings. The van der Waals surface area contributed by atoms with E-state index < -0.39 is 22.0 Å². The number of benzene rings is 1. The SMILES string of the molecule is Cc1cccc(C)c1-c1cc2nc(n1)NS(=O)(=O)c1cccc(n1)C(=O)N(Cc1ccncn1)[C@H](CC(C)(C)C)CO2. The normalized spacial score (nSPS) is 16.8. The van der Waals surface area contributed by atoms with E-state index in [-0.39, 0.29) is 41.1 Å². The van der Waals surface area contributed by atoms with Crippen molar-refractivity contribution >= 4 is 21.9 Å². The van der Waals surface area contributed by atoms with E-state index in [0.717, 1.165) is 16.7 Å². The van der Waals surface area contributed by atoms with Crippen molar-refractivity contribution in [2.75, 3.05) is 11.3 Å². The minimum atomic E-state index is -4.25. The van der Waals surface area contributed by atoms with Gasteiger partial charge in [-0.2, -0.15) is 13.4 Å². The predicted octanol–water partition coefficient (Wildman–Crippen LogP) is 4.59. The van der Waals surface area contributed by atoms with Crippen LogP contribution in [0.15, 0.2) is 66.1 Å². The molecule has 1 aliphatic heterocycles. The summed E-state index contributed by atoms with van der Waals surface area (Å²) in [6, 6.07) is 13.2. The van der Waals surface area contributed by atoms with Gasteiger partial charge >= 0.3 is 0 Å². The van der Waals surface area contributed by atoms with Gasteiger partial charge in [-0.25, -0.2) is 24.7 Å². The van der Waals surface area contributed by atoms with E-state index in [4.69, 9.17) is 4.74 Å². The topological polar surface area (TPSA) is 140 Å². The third-order valence-electron chi connectivity index (χ3n) is 6.83. The van der Waals surface area contributed by atoms with Crippen LogP contribution >= 0.6 is 0 Å². The van der Waals surface area contributed by atoms with Gasteiger partial charge in [0.15, 0.2) is 5.03 Å². The number of aromatic nitrogens is 5. The number of fused-ring (bicyclic) bond motifs is 4. The summed E-state index contributed by atoms with van der Waals surface area (Å²) in [7, 11) is -4.25. The Morgan fingerprint density at radius 3 is 2.43 bits per heavy atom. The highest BCUT2D eigenvalue weighted by molar-refractivity contribution is 7.92. The lowest BCUT2D eigenvalue weighted by Gasteiger charge is -2.35. The third kappa shape index (κ3) is 6.54. The zero-order valence-corrected chi connectivity index (χ0v) is 25.0. The Morgan fingerprint density at radius 1 is 1.00 bits per heavy atom. The highest BCUT2D eigenvalue weighted by Gasteiger charge is 2.32. The van der Waals surface area contributed by atoms with Gasteiger partial charge in [-0.1, -0.05) is 45.0 Å². The smallest absolute Gasteiger partial charge is 0.281 e. The summed E-state index contributed by atoms with van der Waals surface area (Å²) in [4.78, 5) is 37.2. The van der Waals surface area contributed by atoms with Crippen LogP contribution in [-0.2, 0) is 16.6 Å². The molecule has 3 aromatic heterocycles. The maximum Gasteiger partial charge on any atom is 0.281 e. The molecule has 0 fully saturated rings. The van der Waals surface area contributed by atoms with Gasteiger partial charge in [-0.3, -0.25) is 4.79 Å². The molecule has 1 amide bonds. The highest BCUT2D eigenvalue weighted by Crippen LogP contribution is 2.31. The zero-order valence-electron chi connectivity index (χ0n) is 24.2. The molecule has 0 aliphatic carbocycles. The Balaban J connectivity index is 1.68. The zero-order chi connectivity index (χ0) is 30.1. The number of nitrogens with one attached hydrogen (secondary N) is 1. The quantitative estimate of drug-likeness (QED) is 0.363. The summed E-state index contributed by atoms with van der Waals surface area (Å²) in [6.07, 6.45) is 3.60. The fourth-order valence-corrected chi connectivity index (χ4v) is 5.91. The number of rotatable bonds is 4. The standard InChI is InChI=1S/C30H33N7O4S/c1-19-8-6-9-20(2)27(19)24-14-25-35-29(34-24)36-42(39,40)26-11-7-10-23(33-26)28(38)37(16-21-12-13-31-18-32-21)22(17-41-25)15-30(3,4)5/h6-14,18,22H,15-17H2,1-5H3,(H,34,35,36)/t22-/m1/s1. The molecule has 0 radical (unpaired) electrons. The molecule has 0 unspecified atom stereocenters. The molecular formula is C30H33N7O4S. The molecular weight excluding hydrogens is 554 g/mol. The lowest BCUT2D eigenvalue weighted by Crippen LogP contribution is -2.45. The molecule has 0 saturated carbocycles. The minimum Gasteiger partial charge on any atom is -0.475 e. The van der Waals surface area contributed by atoms with Gasteiger partial charge in [0.25, 0.3) is 15.9 Å². The molecule has 0 saturated heterocycles. The summed E-state index contributed by atoms with van der Waals surface area (Å²) < 4.78 is 35.6. The molecule has 42 heavy (non-hydrogen) atoms. The van der Waals surface area contributed by atoms with Gasteiger partial charge < -0.3 is 9.64 Å². The molecule has 1 N–H and O–H groups in total. The largest absolute Gasteiger partial charge is 0.475 e. The Bertz CT molecular complexity index is 1700. The fraction of sp³-hybridized carbons (Fsp3) is 0.333. The van der Waals surface area contributed by atoms with Crippen molar-refractivity contribution in [3.63, 3.8) is 0 Å². The number of sulfonamides is 1. The first kappa shape index (κ1) is 29.1. The van der Waals surface area contributed by atoms with Crippen LogP contribution in [0, 0.1) is 19.3 Å². The molecule has 11 nitrogen and oxygen atoms in total. The number of aryl methyl sites for hydroxylation is 2. The van der Waals surface area contributed by atoms with Gasteiger partial charge in [0.05, 0.1) is 24.0 Å². The van der Waals surface area contributed by atoms with E-state index in [1.165, 1.54) is 24.5 Å². The number of anilines is 1. The molecule has 4 bridgehead atoms. The van der Waals surface area contributed by atoms with Crippen molar-refractivity contribution in [3.05, 3.63) is 83.6 Å². The first-order valence-corrected chi connectivity index (χ1v) is 15.0. The van der Waals surface area contributed by atoms with Crippen LogP contribution in [0.1, 0.15) is 54.5 Å². The molecule has 1 aromatic carbocycles. The number of carbonyl (C=O) groups is 1. The summed E-state index contributed by atoms with van der Waals surface area (Å²) in [6.45, 7) is 10.4. The molecule has 0 spiro atoms. The van der Waals surface area contributed by atoms with Crippen molar-refractivity contribution in [2.24, 2.45) is 5.41 Å². The number of amides is 1. The molecule has 1 atom stereocenters. The predicted molar refractivity (Wildman–Crippen MR) is 157 cm³/mol. The fourth-order valence-electron chi connectivity index (χ4n) is 4.99. The first-order valence-electron chi connectivity index (χ1n) is 13.5. The average Bonchev–Trinajstić information content (AvgIpc) is 2.93. The van der Waals surface area contributed by atoms with Gasteiger partial charge in [0.1, 0.15) is 18.6 Å². The lowest BCUT2D eigenvalue weighted by atomic mass is 9.87. The van der Waals surface area contributed by atoms with Gasteiger partial charge in [-0.15, -0.1) is 0 Å². The Kier molecular flexibility index (Phi) is 7.91. The van der Waals surface area contributed by atoms with Crippen LogP contribution in [0.25, 0.3) is 11.3 Å². The van der Waals surface area contributed by atoms with E-state index in [0.29, 0.717) is 17.8 Å². The van der Waals surface area contributed by atoms with E-state index in [1.807, 2.05) is 32.0 Å². The second-order valence-corrected chi connectivity index (χ2v) is 13.1. The van der Waals surface area contributed by atoms with Crippen molar-refractivity contribution in [1.29, 1.82) is 0 Å². The van der Waals surface area contributed by atoms with Gasteiger partial charge in [0, 0.05) is 17.8 Å². The molecule has 12 heteroatoms. The van der Waals surface area contributed by atoms with Crippen molar-refractivity contribution in [1.82, 2.24) is 29.8 Å². The number of nitrogens with zero attached hydrogens (tertiary/aromatic N) is 6. The molecule has 4 aromatic rings. The minimum absolute atomic E-state index is 0.0195. The number of pyridine rings is 1. The van der Waals surface area contributed by atoms with Crippen LogP contribution in [0.2, 0.25) is 0 Å². The van der Waals surface area contributed by atoms with Gasteiger partial charge in [-0.05, 0) is 55.0 Å². The Hall–Kier alpha value is -4.45. The van der Waals surface area contributed by atoms with E-state index >= 15 is 0 Å². The number of hydrogen-bond donors (Lipinski definition) is 1. The maximum atomic E-state index is 14.0. The Morgan fingerprint density at radius 2 is 1.74 bits per heavy atom. The maximum absolute atomic E-state index is 14.0. The number of hydrogen-bond acceptors (Lipinski definition) is 9. The summed E-state index contributed by atoms with van der Waals surface area (Å²) in [5.41, 5.74) is 3.70. The van der Waals surface area contributed by atoms with Crippen LogP contribution in [0.4, 0.5) is 5.95 Å². The number of carbonyl (C=O) groups excluding carboxylic acids is 1. The van der Waals surface area contributed by atoms with Crippen molar-refractivity contribution < 1.29 is 17.9 Å². The average molecular weight is 588 g/mol. The monoisotopic (exact) mass is 587 g/mol. The number of ether oxygens (including phenoxy) is 1. The van der Waals surface area contributed by atoms with E-state index in [9.17, 15) is 13.2 Å². The van der Waals surface area contributed by atoms with E-state index in [1.54, 1.807) is 23.2 Å². The third-order valence-corrected chi connectivity index (χ3v) is 8.06. The van der Waals surface area contributed by atoms with Gasteiger partial charge in [0.2, 0.25) is 11.8 Å². The van der Waals surface area contributed by atoms with Crippen LogP contribution in [0.5, 0.6) is 5.88 Å². The summed E-state index contributed by atoms with van der Waals surface area (Å²) >= 11 is 0. The lowest BCUT2D eigenvalue weighted by molar-refractivity contribution is 0.0503. The molecule has 4 heterocycles. The van der Waals surface area contributed by atoms with Crippen molar-refractivity contribution in [2.45, 2.75) is 58.7 Å². The van der Waals surface area contributed by atoms with Crippen LogP contribution in [-0.4, -0.2) is 56.8 Å². The van der Waals surface area contributed by atoms with Crippen LogP contribution < -0.4 is 9.46 Å². The summed E-state index contributed by atoms with van der Waals surface area (Å²) in [5.74, 6) is -0.433. The molecule has 218 valence electrons. The second kappa shape index (κ2) is 11.4.